The monoisotopic (exact) mass is 252 g/mol. The second-order valence-electron chi connectivity index (χ2n) is 5.34. The summed E-state index contributed by atoms with van der Waals surface area (Å²) in [6, 6.07) is 21.5. The molecule has 0 bridgehead atoms. The van der Waals surface area contributed by atoms with Gasteiger partial charge in [0.2, 0.25) is 0 Å². The second-order valence-corrected chi connectivity index (χ2v) is 5.34. The number of piperidine rings is 1. The summed E-state index contributed by atoms with van der Waals surface area (Å²) in [5.74, 6) is 0.533. The van der Waals surface area contributed by atoms with Crippen LogP contribution in [0.15, 0.2) is 60.7 Å². The average Bonchev–Trinajstić information content (AvgIpc) is 2.48. The molecule has 2 heteroatoms. The Morgan fingerprint density at radius 2 is 1.47 bits per heavy atom. The lowest BCUT2D eigenvalue weighted by molar-refractivity contribution is 0.454. The third kappa shape index (κ3) is 2.79. The molecule has 1 aliphatic heterocycles. The largest absolute Gasteiger partial charge is 0.369 e. The topological polar surface area (TPSA) is 29.3 Å². The highest BCUT2D eigenvalue weighted by atomic mass is 15.2. The Hall–Kier alpha value is -1.80. The van der Waals surface area contributed by atoms with Gasteiger partial charge >= 0.3 is 0 Å². The molecular weight excluding hydrogens is 232 g/mol. The number of nitrogens with two attached hydrogens (primary N) is 1. The van der Waals surface area contributed by atoms with Crippen molar-refractivity contribution in [2.75, 3.05) is 18.0 Å². The maximum absolute atomic E-state index is 6.25. The van der Waals surface area contributed by atoms with Crippen LogP contribution in [0.4, 0.5) is 5.69 Å². The molecule has 0 aliphatic carbocycles. The molecule has 2 nitrogen and oxygen atoms in total. The fourth-order valence-electron chi connectivity index (χ4n) is 2.95. The molecule has 2 aromatic rings. The molecule has 0 amide bonds. The van der Waals surface area contributed by atoms with Gasteiger partial charge in [-0.15, -0.1) is 0 Å². The van der Waals surface area contributed by atoms with Gasteiger partial charge in [0.15, 0.2) is 0 Å². The van der Waals surface area contributed by atoms with Gasteiger partial charge in [0.25, 0.3) is 0 Å². The molecule has 1 saturated heterocycles. The highest BCUT2D eigenvalue weighted by molar-refractivity contribution is 5.47. The minimum absolute atomic E-state index is 0.249. The summed E-state index contributed by atoms with van der Waals surface area (Å²) in [5, 5.41) is 0. The van der Waals surface area contributed by atoms with E-state index in [1.807, 2.05) is 0 Å². The lowest BCUT2D eigenvalue weighted by Crippen LogP contribution is -2.46. The van der Waals surface area contributed by atoms with Gasteiger partial charge in [0.05, 0.1) is 0 Å². The summed E-state index contributed by atoms with van der Waals surface area (Å²) in [7, 11) is 0. The second kappa shape index (κ2) is 5.45. The summed E-state index contributed by atoms with van der Waals surface area (Å²) >= 11 is 0. The minimum atomic E-state index is 0.249. The van der Waals surface area contributed by atoms with Gasteiger partial charge in [0.1, 0.15) is 0 Å². The third-order valence-corrected chi connectivity index (χ3v) is 3.88. The summed E-state index contributed by atoms with van der Waals surface area (Å²) < 4.78 is 0. The molecule has 0 aromatic heterocycles. The van der Waals surface area contributed by atoms with E-state index in [0.717, 1.165) is 19.5 Å². The lowest BCUT2D eigenvalue weighted by Gasteiger charge is -2.38. The Morgan fingerprint density at radius 1 is 0.842 bits per heavy atom. The van der Waals surface area contributed by atoms with Crippen LogP contribution in [0, 0.1) is 0 Å². The fraction of sp³-hybridized carbons (Fsp3) is 0.294. The lowest BCUT2D eigenvalue weighted by atomic mass is 9.88. The number of anilines is 1. The molecule has 0 spiro atoms. The Kier molecular flexibility index (Phi) is 3.51. The van der Waals surface area contributed by atoms with Gasteiger partial charge in [-0.25, -0.2) is 0 Å². The fourth-order valence-corrected chi connectivity index (χ4v) is 2.95. The maximum Gasteiger partial charge on any atom is 0.0366 e. The molecule has 2 aromatic carbocycles. The number of rotatable bonds is 2. The maximum atomic E-state index is 6.25. The average molecular weight is 252 g/mol. The van der Waals surface area contributed by atoms with Crippen molar-refractivity contribution in [3.63, 3.8) is 0 Å². The molecule has 1 heterocycles. The molecule has 19 heavy (non-hydrogen) atoms. The SMILES string of the molecule is NC1CC(c2ccccc2)CN(c2ccccc2)C1. The number of hydrogen-bond acceptors (Lipinski definition) is 2. The van der Waals surface area contributed by atoms with E-state index < -0.39 is 0 Å². The van der Waals surface area contributed by atoms with Gasteiger partial charge in [-0.1, -0.05) is 48.5 Å². The minimum Gasteiger partial charge on any atom is -0.369 e. The van der Waals surface area contributed by atoms with E-state index in [9.17, 15) is 0 Å². The first-order chi connectivity index (χ1) is 9.33. The summed E-state index contributed by atoms with van der Waals surface area (Å²) in [6.07, 6.45) is 1.08. The third-order valence-electron chi connectivity index (χ3n) is 3.88. The van der Waals surface area contributed by atoms with Crippen molar-refractivity contribution in [1.29, 1.82) is 0 Å². The van der Waals surface area contributed by atoms with Crippen molar-refractivity contribution in [2.45, 2.75) is 18.4 Å². The van der Waals surface area contributed by atoms with Crippen LogP contribution in [0.5, 0.6) is 0 Å². The molecule has 3 rings (SSSR count). The molecular formula is C17H20N2. The van der Waals surface area contributed by atoms with Gasteiger partial charge in [-0.05, 0) is 24.1 Å². The number of para-hydroxylation sites is 1. The highest BCUT2D eigenvalue weighted by Crippen LogP contribution is 2.29. The van der Waals surface area contributed by atoms with Crippen molar-refractivity contribution in [2.24, 2.45) is 5.73 Å². The van der Waals surface area contributed by atoms with E-state index in [1.54, 1.807) is 0 Å². The standard InChI is InChI=1S/C17H20N2/c18-16-11-15(14-7-3-1-4-8-14)12-19(13-16)17-9-5-2-6-10-17/h1-10,15-16H,11-13,18H2. The van der Waals surface area contributed by atoms with Crippen molar-refractivity contribution in [1.82, 2.24) is 0 Å². The zero-order valence-corrected chi connectivity index (χ0v) is 11.1. The van der Waals surface area contributed by atoms with E-state index in [4.69, 9.17) is 5.73 Å². The predicted molar refractivity (Wildman–Crippen MR) is 80.4 cm³/mol. The van der Waals surface area contributed by atoms with Crippen molar-refractivity contribution < 1.29 is 0 Å². The molecule has 2 N–H and O–H groups in total. The Bertz CT molecular complexity index is 462. The normalized spacial score (nSPS) is 23.3. The van der Waals surface area contributed by atoms with Crippen LogP contribution in [0.3, 0.4) is 0 Å². The molecule has 2 unspecified atom stereocenters. The van der Waals surface area contributed by atoms with Crippen LogP contribution < -0.4 is 10.6 Å². The molecule has 0 saturated carbocycles. The van der Waals surface area contributed by atoms with Crippen molar-refractivity contribution in [3.05, 3.63) is 66.2 Å². The van der Waals surface area contributed by atoms with E-state index in [0.29, 0.717) is 5.92 Å². The molecule has 0 radical (unpaired) electrons. The Balaban J connectivity index is 1.82. The highest BCUT2D eigenvalue weighted by Gasteiger charge is 2.26. The summed E-state index contributed by atoms with van der Waals surface area (Å²) in [6.45, 7) is 2.01. The summed E-state index contributed by atoms with van der Waals surface area (Å²) in [5.41, 5.74) is 8.93. The van der Waals surface area contributed by atoms with Gasteiger partial charge < -0.3 is 10.6 Å². The zero-order chi connectivity index (χ0) is 13.1. The quantitative estimate of drug-likeness (QED) is 0.890. The number of hydrogen-bond donors (Lipinski definition) is 1. The first-order valence-electron chi connectivity index (χ1n) is 6.93. The predicted octanol–water partition coefficient (Wildman–Crippen LogP) is 3.01. The van der Waals surface area contributed by atoms with Gasteiger partial charge in [-0.3, -0.25) is 0 Å². The smallest absolute Gasteiger partial charge is 0.0366 e. The van der Waals surface area contributed by atoms with Crippen molar-refractivity contribution >= 4 is 5.69 Å². The molecule has 2 atom stereocenters. The van der Waals surface area contributed by atoms with Crippen molar-refractivity contribution in [3.8, 4) is 0 Å². The zero-order valence-electron chi connectivity index (χ0n) is 11.1. The van der Waals surface area contributed by atoms with Crippen LogP contribution in [-0.2, 0) is 0 Å². The Morgan fingerprint density at radius 3 is 2.16 bits per heavy atom. The van der Waals surface area contributed by atoms with E-state index >= 15 is 0 Å². The van der Waals surface area contributed by atoms with Crippen LogP contribution in [0.2, 0.25) is 0 Å². The van der Waals surface area contributed by atoms with E-state index in [-0.39, 0.29) is 6.04 Å². The molecule has 1 fully saturated rings. The van der Waals surface area contributed by atoms with Gasteiger partial charge in [-0.2, -0.15) is 0 Å². The van der Waals surface area contributed by atoms with Crippen LogP contribution >= 0.6 is 0 Å². The van der Waals surface area contributed by atoms with Crippen LogP contribution in [0.1, 0.15) is 17.9 Å². The molecule has 1 aliphatic rings. The molecule has 98 valence electrons. The van der Waals surface area contributed by atoms with E-state index in [2.05, 4.69) is 65.6 Å². The number of benzene rings is 2. The van der Waals surface area contributed by atoms with Crippen LogP contribution in [-0.4, -0.2) is 19.1 Å². The summed E-state index contributed by atoms with van der Waals surface area (Å²) in [4.78, 5) is 2.41. The number of nitrogens with zero attached hydrogens (tertiary/aromatic N) is 1. The van der Waals surface area contributed by atoms with E-state index in [1.165, 1.54) is 11.3 Å². The van der Waals surface area contributed by atoms with Gasteiger partial charge in [0, 0.05) is 30.7 Å². The first-order valence-corrected chi connectivity index (χ1v) is 6.93. The first kappa shape index (κ1) is 12.2. The Labute approximate surface area is 114 Å². The van der Waals surface area contributed by atoms with Crippen LogP contribution in [0.25, 0.3) is 0 Å².